The predicted molar refractivity (Wildman–Crippen MR) is 114 cm³/mol. The van der Waals surface area contributed by atoms with E-state index in [-0.39, 0.29) is 11.8 Å². The molecule has 0 saturated carbocycles. The molecule has 2 rings (SSSR count). The van der Waals surface area contributed by atoms with Crippen molar-refractivity contribution in [2.24, 2.45) is 0 Å². The van der Waals surface area contributed by atoms with E-state index in [0.29, 0.717) is 36.6 Å². The molecule has 1 aliphatic rings. The van der Waals surface area contributed by atoms with Gasteiger partial charge in [0.2, 0.25) is 0 Å². The summed E-state index contributed by atoms with van der Waals surface area (Å²) in [4.78, 5) is 24.2. The van der Waals surface area contributed by atoms with Crippen LogP contribution in [-0.2, 0) is 0 Å². The number of hydrogen-bond donors (Lipinski definition) is 2. The average molecular weight is 389 g/mol. The second-order valence-electron chi connectivity index (χ2n) is 7.72. The highest BCUT2D eigenvalue weighted by molar-refractivity contribution is 6.03. The molecule has 0 saturated heterocycles. The number of nitrogens with one attached hydrogen (secondary N) is 2. The number of ketones is 1. The molecule has 0 bridgehead atoms. The maximum Gasteiger partial charge on any atom is 0.319 e. The number of amides is 2. The minimum absolute atomic E-state index is 0.0649. The highest BCUT2D eigenvalue weighted by Crippen LogP contribution is 2.35. The van der Waals surface area contributed by atoms with E-state index in [0.717, 1.165) is 18.4 Å². The third-order valence-corrected chi connectivity index (χ3v) is 5.30. The maximum atomic E-state index is 12.2. The number of rotatable bonds is 12. The number of urea groups is 1. The smallest absolute Gasteiger partial charge is 0.319 e. The first kappa shape index (κ1) is 22.3. The Morgan fingerprint density at radius 2 is 1.64 bits per heavy atom. The van der Waals surface area contributed by atoms with Gasteiger partial charge in [0, 0.05) is 13.0 Å². The van der Waals surface area contributed by atoms with E-state index in [2.05, 4.69) is 17.6 Å². The Labute approximate surface area is 169 Å². The first-order valence-electron chi connectivity index (χ1n) is 11.0. The number of aryl methyl sites for hydroxylation is 1. The van der Waals surface area contributed by atoms with Crippen molar-refractivity contribution in [1.82, 2.24) is 5.32 Å². The molecule has 0 atom stereocenters. The number of carbonyl (C=O) groups is 2. The monoisotopic (exact) mass is 388 g/mol. The molecule has 5 nitrogen and oxygen atoms in total. The summed E-state index contributed by atoms with van der Waals surface area (Å²) in [5.74, 6) is 0.570. The lowest BCUT2D eigenvalue weighted by Gasteiger charge is -2.21. The normalized spacial score (nSPS) is 13.0. The number of carbonyl (C=O) groups excluding carboxylic acids is 2. The molecule has 2 N–H and O–H groups in total. The molecule has 28 heavy (non-hydrogen) atoms. The molecule has 1 aromatic carbocycles. The second-order valence-corrected chi connectivity index (χ2v) is 7.72. The van der Waals surface area contributed by atoms with Crippen molar-refractivity contribution in [3.05, 3.63) is 23.3 Å². The summed E-state index contributed by atoms with van der Waals surface area (Å²) in [6, 6.07) is 3.39. The van der Waals surface area contributed by atoms with Gasteiger partial charge in [-0.15, -0.1) is 0 Å². The van der Waals surface area contributed by atoms with Gasteiger partial charge in [0.05, 0.1) is 17.9 Å². The number of ether oxygens (including phenoxy) is 1. The summed E-state index contributed by atoms with van der Waals surface area (Å²) in [6.07, 6.45) is 13.1. The first-order valence-corrected chi connectivity index (χ1v) is 11.0. The third-order valence-electron chi connectivity index (χ3n) is 5.30. The van der Waals surface area contributed by atoms with Crippen molar-refractivity contribution in [2.75, 3.05) is 18.5 Å². The van der Waals surface area contributed by atoms with Crippen LogP contribution in [0, 0.1) is 6.92 Å². The van der Waals surface area contributed by atoms with E-state index in [1.807, 2.05) is 13.0 Å². The summed E-state index contributed by atoms with van der Waals surface area (Å²) < 4.78 is 5.65. The van der Waals surface area contributed by atoms with Crippen LogP contribution in [0.2, 0.25) is 0 Å². The van der Waals surface area contributed by atoms with Crippen molar-refractivity contribution < 1.29 is 14.3 Å². The summed E-state index contributed by atoms with van der Waals surface area (Å²) >= 11 is 0. The first-order chi connectivity index (χ1) is 13.6. The fourth-order valence-electron chi connectivity index (χ4n) is 3.56. The molecule has 156 valence electrons. The molecule has 0 aromatic heterocycles. The highest BCUT2D eigenvalue weighted by atomic mass is 16.5. The van der Waals surface area contributed by atoms with Gasteiger partial charge < -0.3 is 15.4 Å². The lowest BCUT2D eigenvalue weighted by atomic mass is 10.0. The van der Waals surface area contributed by atoms with E-state index < -0.39 is 0 Å². The summed E-state index contributed by atoms with van der Waals surface area (Å²) in [7, 11) is 0. The Kier molecular flexibility index (Phi) is 9.87. The Morgan fingerprint density at radius 3 is 2.32 bits per heavy atom. The fourth-order valence-corrected chi connectivity index (χ4v) is 3.56. The van der Waals surface area contributed by atoms with Crippen molar-refractivity contribution >= 4 is 17.5 Å². The van der Waals surface area contributed by atoms with E-state index in [1.54, 1.807) is 6.07 Å². The van der Waals surface area contributed by atoms with Crippen molar-refractivity contribution in [3.63, 3.8) is 0 Å². The van der Waals surface area contributed by atoms with Gasteiger partial charge in [0.25, 0.3) is 0 Å². The van der Waals surface area contributed by atoms with Crippen LogP contribution < -0.4 is 15.4 Å². The van der Waals surface area contributed by atoms with Gasteiger partial charge in [-0.05, 0) is 25.0 Å². The number of fused-ring (bicyclic) bond motifs is 1. The van der Waals surface area contributed by atoms with Gasteiger partial charge in [-0.2, -0.15) is 0 Å². The number of hydrogen-bond acceptors (Lipinski definition) is 3. The number of anilines is 1. The van der Waals surface area contributed by atoms with Crippen molar-refractivity contribution in [1.29, 1.82) is 0 Å². The van der Waals surface area contributed by atoms with Crippen LogP contribution in [0.4, 0.5) is 10.5 Å². The van der Waals surface area contributed by atoms with E-state index >= 15 is 0 Å². The fraction of sp³-hybridized carbons (Fsp3) is 0.652. The summed E-state index contributed by atoms with van der Waals surface area (Å²) in [5.41, 5.74) is 2.05. The van der Waals surface area contributed by atoms with Gasteiger partial charge in [-0.25, -0.2) is 4.79 Å². The number of Topliss-reactive ketones (excluding diaryl/α,β-unsaturated/α-hetero) is 1. The van der Waals surface area contributed by atoms with Crippen LogP contribution in [0.3, 0.4) is 0 Å². The third kappa shape index (κ3) is 7.17. The van der Waals surface area contributed by atoms with Gasteiger partial charge in [0.15, 0.2) is 11.5 Å². The molecule has 0 spiro atoms. The highest BCUT2D eigenvalue weighted by Gasteiger charge is 2.23. The van der Waals surface area contributed by atoms with E-state index in [1.165, 1.54) is 51.4 Å². The van der Waals surface area contributed by atoms with Gasteiger partial charge in [-0.3, -0.25) is 4.79 Å². The number of benzene rings is 1. The van der Waals surface area contributed by atoms with E-state index in [9.17, 15) is 9.59 Å². The minimum Gasteiger partial charge on any atom is -0.490 e. The quantitative estimate of drug-likeness (QED) is 0.431. The molecular formula is C23H36N2O3. The zero-order valence-corrected chi connectivity index (χ0v) is 17.6. The van der Waals surface area contributed by atoms with Crippen LogP contribution in [0.15, 0.2) is 12.1 Å². The molecule has 0 fully saturated rings. The molecule has 0 unspecified atom stereocenters. The Hall–Kier alpha value is -2.04. The molecule has 1 heterocycles. The molecule has 2 amide bonds. The Bertz CT molecular complexity index is 643. The van der Waals surface area contributed by atoms with Crippen molar-refractivity contribution in [3.8, 4) is 5.75 Å². The topological polar surface area (TPSA) is 67.4 Å². The predicted octanol–water partition coefficient (Wildman–Crippen LogP) is 6.00. The Morgan fingerprint density at radius 1 is 1.00 bits per heavy atom. The average Bonchev–Trinajstić information content (AvgIpc) is 2.68. The zero-order chi connectivity index (χ0) is 20.2. The largest absolute Gasteiger partial charge is 0.490 e. The van der Waals surface area contributed by atoms with Crippen LogP contribution in [0.1, 0.15) is 93.5 Å². The molecular weight excluding hydrogens is 352 g/mol. The second kappa shape index (κ2) is 12.4. The molecule has 0 aliphatic carbocycles. The van der Waals surface area contributed by atoms with Gasteiger partial charge >= 0.3 is 6.03 Å². The standard InChI is InChI=1S/C23H36N2O3/c1-3-4-5-6-7-8-9-10-11-12-16-24-23(27)25-21-18(2)13-14-19-20(26)15-17-28-22(19)21/h13-14H,3-12,15-17H2,1-2H3,(H2,24,25,27). The van der Waals surface area contributed by atoms with Crippen LogP contribution in [0.5, 0.6) is 5.75 Å². The zero-order valence-electron chi connectivity index (χ0n) is 17.6. The molecule has 1 aliphatic heterocycles. The van der Waals surface area contributed by atoms with Crippen LogP contribution in [0.25, 0.3) is 0 Å². The van der Waals surface area contributed by atoms with Gasteiger partial charge in [0.1, 0.15) is 0 Å². The minimum atomic E-state index is -0.242. The molecule has 5 heteroatoms. The SMILES string of the molecule is CCCCCCCCCCCCNC(=O)Nc1c(C)ccc2c1OCCC2=O. The molecule has 0 radical (unpaired) electrons. The van der Waals surface area contributed by atoms with Crippen LogP contribution >= 0.6 is 0 Å². The van der Waals surface area contributed by atoms with Crippen LogP contribution in [-0.4, -0.2) is 25.0 Å². The van der Waals surface area contributed by atoms with Gasteiger partial charge in [-0.1, -0.05) is 70.8 Å². The number of unbranched alkanes of at least 4 members (excludes halogenated alkanes) is 9. The molecule has 1 aromatic rings. The Balaban J connectivity index is 1.62. The summed E-state index contributed by atoms with van der Waals surface area (Å²) in [6.45, 7) is 5.18. The van der Waals surface area contributed by atoms with Crippen molar-refractivity contribution in [2.45, 2.75) is 84.5 Å². The van der Waals surface area contributed by atoms with E-state index in [4.69, 9.17) is 4.74 Å². The lowest BCUT2D eigenvalue weighted by Crippen LogP contribution is -2.30. The lowest BCUT2D eigenvalue weighted by molar-refractivity contribution is 0.0934. The summed E-state index contributed by atoms with van der Waals surface area (Å²) in [5, 5.41) is 5.78. The maximum absolute atomic E-state index is 12.2.